The molecule has 1 amide bonds. The highest BCUT2D eigenvalue weighted by Gasteiger charge is 2.13. The van der Waals surface area contributed by atoms with Gasteiger partial charge in [-0.05, 0) is 18.4 Å². The largest absolute Gasteiger partial charge is 0.354 e. The number of nitrogens with one attached hydrogen (secondary N) is 1. The minimum Gasteiger partial charge on any atom is -0.354 e. The second-order valence-electron chi connectivity index (χ2n) is 4.90. The summed E-state index contributed by atoms with van der Waals surface area (Å²) in [5.41, 5.74) is 7.07. The van der Waals surface area contributed by atoms with Gasteiger partial charge in [0.25, 0.3) is 0 Å². The zero-order valence-electron chi connectivity index (χ0n) is 12.1. The molecule has 0 aliphatic carbocycles. The summed E-state index contributed by atoms with van der Waals surface area (Å²) in [4.78, 5) is 15.9. The number of hydrogen-bond acceptors (Lipinski definition) is 5. The Kier molecular flexibility index (Phi) is 5.45. The lowest BCUT2D eigenvalue weighted by Crippen LogP contribution is -2.41. The smallest absolute Gasteiger partial charge is 0.236 e. The van der Waals surface area contributed by atoms with Gasteiger partial charge in [-0.25, -0.2) is 0 Å². The number of benzene rings is 1. The molecule has 0 spiro atoms. The molecule has 0 fully saturated rings. The van der Waals surface area contributed by atoms with Crippen molar-refractivity contribution in [2.24, 2.45) is 5.73 Å². The number of nitrogens with zero attached hydrogens (tertiary/aromatic N) is 2. The number of aromatic nitrogens is 2. The molecule has 1 aromatic heterocycles. The lowest BCUT2D eigenvalue weighted by Gasteiger charge is -2.11. The molecule has 0 aliphatic rings. The lowest BCUT2D eigenvalue weighted by molar-refractivity contribution is -0.122. The molecule has 112 valence electrons. The Bertz CT molecular complexity index is 568. The van der Waals surface area contributed by atoms with E-state index in [1.165, 1.54) is 5.56 Å². The van der Waals surface area contributed by atoms with Crippen molar-refractivity contribution < 1.29 is 9.32 Å². The Labute approximate surface area is 123 Å². The van der Waals surface area contributed by atoms with E-state index in [1.54, 1.807) is 6.92 Å². The van der Waals surface area contributed by atoms with Gasteiger partial charge in [-0.15, -0.1) is 0 Å². The Balaban J connectivity index is 1.67. The quantitative estimate of drug-likeness (QED) is 0.792. The minimum absolute atomic E-state index is 0.147. The molecule has 0 saturated carbocycles. The topological polar surface area (TPSA) is 94.0 Å². The molecule has 0 aliphatic heterocycles. The van der Waals surface area contributed by atoms with Crippen LogP contribution >= 0.6 is 0 Å². The molecule has 1 aromatic carbocycles. The van der Waals surface area contributed by atoms with Crippen LogP contribution in [0.2, 0.25) is 0 Å². The fourth-order valence-corrected chi connectivity index (χ4v) is 1.97. The van der Waals surface area contributed by atoms with Crippen molar-refractivity contribution in [2.45, 2.75) is 32.2 Å². The predicted molar refractivity (Wildman–Crippen MR) is 78.5 cm³/mol. The van der Waals surface area contributed by atoms with Gasteiger partial charge in [0.2, 0.25) is 11.8 Å². The molecule has 6 heteroatoms. The summed E-state index contributed by atoms with van der Waals surface area (Å²) in [5.74, 6) is 0.965. The van der Waals surface area contributed by atoms with Gasteiger partial charge in [0, 0.05) is 19.9 Å². The first-order valence-corrected chi connectivity index (χ1v) is 7.01. The molecule has 2 rings (SSSR count). The zero-order chi connectivity index (χ0) is 15.1. The van der Waals surface area contributed by atoms with Crippen molar-refractivity contribution in [3.8, 4) is 0 Å². The van der Waals surface area contributed by atoms with E-state index < -0.39 is 6.04 Å². The first-order chi connectivity index (χ1) is 10.1. The van der Waals surface area contributed by atoms with Crippen molar-refractivity contribution in [2.75, 3.05) is 6.54 Å². The zero-order valence-corrected chi connectivity index (χ0v) is 12.1. The first kappa shape index (κ1) is 15.2. The fraction of sp³-hybridized carbons (Fsp3) is 0.400. The van der Waals surface area contributed by atoms with Gasteiger partial charge in [-0.1, -0.05) is 35.5 Å². The Morgan fingerprint density at radius 3 is 2.76 bits per heavy atom. The van der Waals surface area contributed by atoms with E-state index in [2.05, 4.69) is 15.5 Å². The Morgan fingerprint density at radius 1 is 1.33 bits per heavy atom. The Morgan fingerprint density at radius 2 is 2.10 bits per heavy atom. The molecule has 1 atom stereocenters. The first-order valence-electron chi connectivity index (χ1n) is 7.01. The van der Waals surface area contributed by atoms with Crippen molar-refractivity contribution in [1.29, 1.82) is 0 Å². The van der Waals surface area contributed by atoms with E-state index in [0.29, 0.717) is 31.1 Å². The SMILES string of the molecule is Cc1nc(CCNC(=O)C(N)CCc2ccccc2)no1. The molecule has 1 unspecified atom stereocenters. The molecule has 0 bridgehead atoms. The molecule has 2 aromatic rings. The summed E-state index contributed by atoms with van der Waals surface area (Å²) in [6.07, 6.45) is 1.95. The summed E-state index contributed by atoms with van der Waals surface area (Å²) in [7, 11) is 0. The van der Waals surface area contributed by atoms with Gasteiger partial charge in [0.15, 0.2) is 5.82 Å². The van der Waals surface area contributed by atoms with Gasteiger partial charge in [0.05, 0.1) is 6.04 Å². The van der Waals surface area contributed by atoms with Crippen LogP contribution in [0, 0.1) is 6.92 Å². The van der Waals surface area contributed by atoms with Gasteiger partial charge < -0.3 is 15.6 Å². The van der Waals surface area contributed by atoms with Crippen LogP contribution in [0.4, 0.5) is 0 Å². The number of amides is 1. The lowest BCUT2D eigenvalue weighted by atomic mass is 10.1. The normalized spacial score (nSPS) is 12.1. The molecule has 21 heavy (non-hydrogen) atoms. The van der Waals surface area contributed by atoms with E-state index >= 15 is 0 Å². The third kappa shape index (κ3) is 5.00. The van der Waals surface area contributed by atoms with Crippen LogP contribution in [-0.2, 0) is 17.6 Å². The standard InChI is InChI=1S/C15H20N4O2/c1-11-18-14(19-21-11)9-10-17-15(20)13(16)8-7-12-5-3-2-4-6-12/h2-6,13H,7-10,16H2,1H3,(H,17,20). The molecule has 6 nitrogen and oxygen atoms in total. The van der Waals surface area contributed by atoms with Crippen LogP contribution in [0.25, 0.3) is 0 Å². The molecule has 0 saturated heterocycles. The highest BCUT2D eigenvalue weighted by Crippen LogP contribution is 2.04. The highest BCUT2D eigenvalue weighted by atomic mass is 16.5. The van der Waals surface area contributed by atoms with Crippen molar-refractivity contribution in [3.05, 3.63) is 47.6 Å². The second-order valence-corrected chi connectivity index (χ2v) is 4.90. The van der Waals surface area contributed by atoms with E-state index in [9.17, 15) is 4.79 Å². The van der Waals surface area contributed by atoms with E-state index in [0.717, 1.165) is 6.42 Å². The molecule has 1 heterocycles. The highest BCUT2D eigenvalue weighted by molar-refractivity contribution is 5.81. The summed E-state index contributed by atoms with van der Waals surface area (Å²) in [5, 5.41) is 6.56. The third-order valence-corrected chi connectivity index (χ3v) is 3.14. The summed E-state index contributed by atoms with van der Waals surface area (Å²) in [6, 6.07) is 9.49. The number of nitrogens with two attached hydrogens (primary N) is 1. The number of rotatable bonds is 7. The van der Waals surface area contributed by atoms with Gasteiger partial charge in [-0.3, -0.25) is 4.79 Å². The van der Waals surface area contributed by atoms with Crippen molar-refractivity contribution in [3.63, 3.8) is 0 Å². The van der Waals surface area contributed by atoms with Crippen LogP contribution in [0.3, 0.4) is 0 Å². The maximum atomic E-state index is 11.9. The maximum absolute atomic E-state index is 11.9. The van der Waals surface area contributed by atoms with Crippen molar-refractivity contribution >= 4 is 5.91 Å². The number of carbonyl (C=O) groups is 1. The number of carbonyl (C=O) groups excluding carboxylic acids is 1. The van der Waals surface area contributed by atoms with Gasteiger partial charge in [0.1, 0.15) is 0 Å². The van der Waals surface area contributed by atoms with E-state index in [-0.39, 0.29) is 5.91 Å². The fourth-order valence-electron chi connectivity index (χ4n) is 1.97. The molecule has 3 N–H and O–H groups in total. The molecular weight excluding hydrogens is 268 g/mol. The number of hydrogen-bond donors (Lipinski definition) is 2. The maximum Gasteiger partial charge on any atom is 0.236 e. The van der Waals surface area contributed by atoms with E-state index in [4.69, 9.17) is 10.3 Å². The number of aryl methyl sites for hydroxylation is 2. The monoisotopic (exact) mass is 288 g/mol. The minimum atomic E-state index is -0.503. The third-order valence-electron chi connectivity index (χ3n) is 3.14. The van der Waals surface area contributed by atoms with Gasteiger partial charge >= 0.3 is 0 Å². The molecule has 0 radical (unpaired) electrons. The Hall–Kier alpha value is -2.21. The second kappa shape index (κ2) is 7.54. The van der Waals surface area contributed by atoms with Crippen LogP contribution in [-0.4, -0.2) is 28.6 Å². The average molecular weight is 288 g/mol. The van der Waals surface area contributed by atoms with Gasteiger partial charge in [-0.2, -0.15) is 4.98 Å². The molecular formula is C15H20N4O2. The van der Waals surface area contributed by atoms with E-state index in [1.807, 2.05) is 30.3 Å². The van der Waals surface area contributed by atoms with Crippen LogP contribution in [0.5, 0.6) is 0 Å². The predicted octanol–water partition coefficient (Wildman–Crippen LogP) is 0.997. The average Bonchev–Trinajstić information content (AvgIpc) is 2.91. The van der Waals surface area contributed by atoms with Crippen LogP contribution in [0.15, 0.2) is 34.9 Å². The summed E-state index contributed by atoms with van der Waals surface area (Å²) < 4.78 is 4.86. The summed E-state index contributed by atoms with van der Waals surface area (Å²) >= 11 is 0. The van der Waals surface area contributed by atoms with Crippen LogP contribution < -0.4 is 11.1 Å². The summed E-state index contributed by atoms with van der Waals surface area (Å²) in [6.45, 7) is 2.19. The van der Waals surface area contributed by atoms with Crippen molar-refractivity contribution in [1.82, 2.24) is 15.5 Å². The van der Waals surface area contributed by atoms with Crippen LogP contribution in [0.1, 0.15) is 23.7 Å².